The van der Waals surface area contributed by atoms with Crippen LogP contribution in [-0.2, 0) is 21.2 Å². The third kappa shape index (κ3) is 4.85. The van der Waals surface area contributed by atoms with E-state index in [1.807, 2.05) is 6.92 Å². The van der Waals surface area contributed by atoms with Crippen LogP contribution in [0.2, 0.25) is 0 Å². The molecule has 0 radical (unpaired) electrons. The first-order valence-electron chi connectivity index (χ1n) is 8.37. The predicted molar refractivity (Wildman–Crippen MR) is 95.5 cm³/mol. The van der Waals surface area contributed by atoms with Crippen LogP contribution in [-0.4, -0.2) is 69.7 Å². The Balaban J connectivity index is 2.00. The van der Waals surface area contributed by atoms with Gasteiger partial charge in [0.15, 0.2) is 0 Å². The Morgan fingerprint density at radius 2 is 1.80 bits per heavy atom. The van der Waals surface area contributed by atoms with Gasteiger partial charge in [-0.25, -0.2) is 8.42 Å². The average molecular weight is 370 g/mol. The second-order valence-electron chi connectivity index (χ2n) is 5.95. The van der Waals surface area contributed by atoms with Crippen LogP contribution in [0.5, 0.6) is 11.5 Å². The number of nitrogens with zero attached hydrogens (tertiary/aromatic N) is 2. The number of piperazine rings is 1. The standard InChI is InChI=1S/C17H26N2O5S/c1-4-11-25(21,22)19-9-7-18(8-10-19)17(20)13-14-12-15(23-2)5-6-16(14)24-3/h5-6,12H,4,7-11,13H2,1-3H3. The van der Waals surface area contributed by atoms with Gasteiger partial charge in [-0.3, -0.25) is 4.79 Å². The van der Waals surface area contributed by atoms with Gasteiger partial charge in [0.25, 0.3) is 0 Å². The minimum atomic E-state index is -3.20. The summed E-state index contributed by atoms with van der Waals surface area (Å²) in [5.74, 6) is 1.42. The third-order valence-corrected chi connectivity index (χ3v) is 6.35. The summed E-state index contributed by atoms with van der Waals surface area (Å²) in [6, 6.07) is 5.35. The van der Waals surface area contributed by atoms with Crippen molar-refractivity contribution in [1.29, 1.82) is 0 Å². The van der Waals surface area contributed by atoms with Gasteiger partial charge in [-0.2, -0.15) is 4.31 Å². The Bertz CT molecular complexity index is 697. The highest BCUT2D eigenvalue weighted by atomic mass is 32.2. The van der Waals surface area contributed by atoms with Gasteiger partial charge in [0, 0.05) is 31.7 Å². The fourth-order valence-electron chi connectivity index (χ4n) is 2.90. The van der Waals surface area contributed by atoms with Gasteiger partial charge in [-0.1, -0.05) is 6.92 Å². The third-order valence-electron chi connectivity index (χ3n) is 4.28. The van der Waals surface area contributed by atoms with Gasteiger partial charge in [0.2, 0.25) is 15.9 Å². The van der Waals surface area contributed by atoms with Crippen molar-refractivity contribution in [2.45, 2.75) is 19.8 Å². The molecule has 0 aromatic heterocycles. The van der Waals surface area contributed by atoms with E-state index in [1.54, 1.807) is 37.3 Å². The lowest BCUT2D eigenvalue weighted by Crippen LogP contribution is -2.51. The fraction of sp³-hybridized carbons (Fsp3) is 0.588. The van der Waals surface area contributed by atoms with E-state index in [2.05, 4.69) is 0 Å². The summed E-state index contributed by atoms with van der Waals surface area (Å²) in [4.78, 5) is 14.3. The lowest BCUT2D eigenvalue weighted by atomic mass is 10.1. The van der Waals surface area contributed by atoms with E-state index in [-0.39, 0.29) is 18.1 Å². The van der Waals surface area contributed by atoms with Crippen LogP contribution in [0.4, 0.5) is 0 Å². The molecule has 8 heteroatoms. The maximum Gasteiger partial charge on any atom is 0.227 e. The van der Waals surface area contributed by atoms with Crippen LogP contribution in [0.1, 0.15) is 18.9 Å². The van der Waals surface area contributed by atoms with Gasteiger partial charge in [-0.15, -0.1) is 0 Å². The molecule has 1 aromatic carbocycles. The molecule has 1 aliphatic rings. The Morgan fingerprint density at radius 3 is 2.36 bits per heavy atom. The monoisotopic (exact) mass is 370 g/mol. The lowest BCUT2D eigenvalue weighted by Gasteiger charge is -2.34. The zero-order chi connectivity index (χ0) is 18.4. The molecule has 1 saturated heterocycles. The first-order valence-corrected chi connectivity index (χ1v) is 9.98. The summed E-state index contributed by atoms with van der Waals surface area (Å²) in [5, 5.41) is 0. The second kappa shape index (κ2) is 8.53. The van der Waals surface area contributed by atoms with E-state index in [0.717, 1.165) is 5.56 Å². The second-order valence-corrected chi connectivity index (χ2v) is 8.04. The SMILES string of the molecule is CCCS(=O)(=O)N1CCN(C(=O)Cc2cc(OC)ccc2OC)CC1. The topological polar surface area (TPSA) is 76.2 Å². The molecule has 0 saturated carbocycles. The number of methoxy groups -OCH3 is 2. The van der Waals surface area contributed by atoms with Crippen molar-refractivity contribution in [3.63, 3.8) is 0 Å². The molecular formula is C17H26N2O5S. The summed E-state index contributed by atoms with van der Waals surface area (Å²) in [5.41, 5.74) is 0.757. The van der Waals surface area contributed by atoms with E-state index in [4.69, 9.17) is 9.47 Å². The maximum atomic E-state index is 12.6. The van der Waals surface area contributed by atoms with Crippen molar-refractivity contribution in [3.05, 3.63) is 23.8 Å². The quantitative estimate of drug-likeness (QED) is 0.719. The minimum Gasteiger partial charge on any atom is -0.497 e. The molecule has 2 rings (SSSR count). The highest BCUT2D eigenvalue weighted by Crippen LogP contribution is 2.25. The zero-order valence-corrected chi connectivity index (χ0v) is 15.8. The van der Waals surface area contributed by atoms with E-state index >= 15 is 0 Å². The molecule has 1 amide bonds. The Kier molecular flexibility index (Phi) is 6.66. The van der Waals surface area contributed by atoms with E-state index in [9.17, 15) is 13.2 Å². The predicted octanol–water partition coefficient (Wildman–Crippen LogP) is 1.13. The Hall–Kier alpha value is -1.80. The number of carbonyl (C=O) groups is 1. The van der Waals surface area contributed by atoms with E-state index < -0.39 is 10.0 Å². The molecule has 1 fully saturated rings. The van der Waals surface area contributed by atoms with Crippen molar-refractivity contribution in [2.24, 2.45) is 0 Å². The summed E-state index contributed by atoms with van der Waals surface area (Å²) in [6.45, 7) is 3.37. The Morgan fingerprint density at radius 1 is 1.12 bits per heavy atom. The summed E-state index contributed by atoms with van der Waals surface area (Å²) >= 11 is 0. The smallest absolute Gasteiger partial charge is 0.227 e. The number of ether oxygens (including phenoxy) is 2. The average Bonchev–Trinajstić information content (AvgIpc) is 2.61. The molecule has 7 nitrogen and oxygen atoms in total. The molecular weight excluding hydrogens is 344 g/mol. The summed E-state index contributed by atoms with van der Waals surface area (Å²) in [7, 11) is -0.0668. The van der Waals surface area contributed by atoms with E-state index in [1.165, 1.54) is 4.31 Å². The number of sulfonamides is 1. The molecule has 1 aromatic rings. The highest BCUT2D eigenvalue weighted by molar-refractivity contribution is 7.89. The van der Waals surface area contributed by atoms with Crippen molar-refractivity contribution in [2.75, 3.05) is 46.2 Å². The van der Waals surface area contributed by atoms with Gasteiger partial charge >= 0.3 is 0 Å². The number of rotatable bonds is 7. The molecule has 0 aliphatic carbocycles. The van der Waals surface area contributed by atoms with Crippen LogP contribution in [0.3, 0.4) is 0 Å². The van der Waals surface area contributed by atoms with Crippen molar-refractivity contribution in [3.8, 4) is 11.5 Å². The van der Waals surface area contributed by atoms with Crippen LogP contribution < -0.4 is 9.47 Å². The molecule has 0 spiro atoms. The molecule has 0 N–H and O–H groups in total. The first kappa shape index (κ1) is 19.5. The molecule has 0 unspecified atom stereocenters. The molecule has 0 atom stereocenters. The van der Waals surface area contributed by atoms with Crippen molar-refractivity contribution < 1.29 is 22.7 Å². The van der Waals surface area contributed by atoms with Crippen LogP contribution in [0, 0.1) is 0 Å². The van der Waals surface area contributed by atoms with Crippen molar-refractivity contribution in [1.82, 2.24) is 9.21 Å². The Labute approximate surface area is 149 Å². The van der Waals surface area contributed by atoms with Gasteiger partial charge in [-0.05, 0) is 24.6 Å². The van der Waals surface area contributed by atoms with Gasteiger partial charge in [0.05, 0.1) is 26.4 Å². The molecule has 1 aliphatic heterocycles. The fourth-order valence-corrected chi connectivity index (χ4v) is 4.39. The molecule has 25 heavy (non-hydrogen) atoms. The number of carbonyl (C=O) groups excluding carboxylic acids is 1. The largest absolute Gasteiger partial charge is 0.497 e. The van der Waals surface area contributed by atoms with Crippen LogP contribution in [0.25, 0.3) is 0 Å². The van der Waals surface area contributed by atoms with Crippen LogP contribution >= 0.6 is 0 Å². The minimum absolute atomic E-state index is 0.0425. The normalized spacial score (nSPS) is 15.9. The number of benzene rings is 1. The summed E-state index contributed by atoms with van der Waals surface area (Å²) in [6.07, 6.45) is 0.791. The number of hydrogen-bond acceptors (Lipinski definition) is 5. The van der Waals surface area contributed by atoms with Gasteiger partial charge in [0.1, 0.15) is 11.5 Å². The lowest BCUT2D eigenvalue weighted by molar-refractivity contribution is -0.131. The number of amides is 1. The number of hydrogen-bond donors (Lipinski definition) is 0. The molecule has 140 valence electrons. The highest BCUT2D eigenvalue weighted by Gasteiger charge is 2.28. The first-order chi connectivity index (χ1) is 11.9. The molecule has 0 bridgehead atoms. The van der Waals surface area contributed by atoms with E-state index in [0.29, 0.717) is 44.1 Å². The summed E-state index contributed by atoms with van der Waals surface area (Å²) < 4.78 is 36.2. The van der Waals surface area contributed by atoms with Crippen LogP contribution in [0.15, 0.2) is 18.2 Å². The van der Waals surface area contributed by atoms with Gasteiger partial charge < -0.3 is 14.4 Å². The van der Waals surface area contributed by atoms with Crippen molar-refractivity contribution >= 4 is 15.9 Å². The molecule has 1 heterocycles. The zero-order valence-electron chi connectivity index (χ0n) is 15.0. The maximum absolute atomic E-state index is 12.6.